The number of nitrogens with one attached hydrogen (secondary N) is 1. The number of phosphoric ester groups is 1. The molecule has 4 rings (SSSR count). The fourth-order valence-corrected chi connectivity index (χ4v) is 4.99. The van der Waals surface area contributed by atoms with E-state index in [4.69, 9.17) is 32.5 Å². The van der Waals surface area contributed by atoms with Crippen LogP contribution in [0, 0.1) is 0 Å². The van der Waals surface area contributed by atoms with Gasteiger partial charge < -0.3 is 29.2 Å². The van der Waals surface area contributed by atoms with Crippen molar-refractivity contribution in [3.63, 3.8) is 0 Å². The van der Waals surface area contributed by atoms with Crippen molar-refractivity contribution < 1.29 is 56.5 Å². The average Bonchev–Trinajstić information content (AvgIpc) is 3.10. The molecule has 3 N–H and O–H groups in total. The summed E-state index contributed by atoms with van der Waals surface area (Å²) >= 11 is 0. The number of aromatic amines is 1. The van der Waals surface area contributed by atoms with Crippen molar-refractivity contribution in [1.29, 1.82) is 0 Å². The Morgan fingerprint density at radius 1 is 1.20 bits per heavy atom. The van der Waals surface area contributed by atoms with Gasteiger partial charge in [0.25, 0.3) is 5.56 Å². The topological polar surface area (TPSA) is 194 Å². The number of carbonyl (C=O) groups is 1. The van der Waals surface area contributed by atoms with Crippen LogP contribution >= 0.6 is 7.82 Å². The Bertz CT molecular complexity index is 1330. The van der Waals surface area contributed by atoms with Crippen LogP contribution in [0.5, 0.6) is 0 Å². The summed E-state index contributed by atoms with van der Waals surface area (Å²) in [6.07, 6.45) is -4.36. The Kier molecular flexibility index (Phi) is 9.22. The van der Waals surface area contributed by atoms with Gasteiger partial charge in [-0.15, -0.1) is 0 Å². The lowest BCUT2D eigenvalue weighted by atomic mass is 9.88. The molecule has 0 bridgehead atoms. The van der Waals surface area contributed by atoms with Gasteiger partial charge in [-0.05, 0) is 12.5 Å². The Balaban J connectivity index is 1.49. The predicted molar refractivity (Wildman–Crippen MR) is 130 cm³/mol. The number of phosphoric acid groups is 1. The number of hydrogen-bond acceptors (Lipinski definition) is 13. The van der Waals surface area contributed by atoms with Crippen LogP contribution in [-0.2, 0) is 43.7 Å². The summed E-state index contributed by atoms with van der Waals surface area (Å²) in [5, 5.41) is 21.8. The second kappa shape index (κ2) is 12.3. The van der Waals surface area contributed by atoms with Crippen molar-refractivity contribution in [1.82, 2.24) is 9.55 Å². The molecule has 0 amide bonds. The zero-order chi connectivity index (χ0) is 29.0. The van der Waals surface area contributed by atoms with E-state index in [0.717, 1.165) is 23.8 Å². The first-order valence-electron chi connectivity index (χ1n) is 11.9. The molecule has 15 nitrogen and oxygen atoms in total. The number of carbonyl (C=O) groups excluding carboxylic acids is 1. The third kappa shape index (κ3) is 6.67. The van der Waals surface area contributed by atoms with Gasteiger partial charge in [-0.3, -0.25) is 23.4 Å². The van der Waals surface area contributed by atoms with E-state index in [0.29, 0.717) is 5.56 Å². The summed E-state index contributed by atoms with van der Waals surface area (Å²) in [6, 6.07) is 9.38. The van der Waals surface area contributed by atoms with Gasteiger partial charge in [-0.2, -0.15) is 0 Å². The fraction of sp³-hybridized carbons (Fsp3) is 0.522. The molecule has 2 aliphatic rings. The maximum Gasteiger partial charge on any atom is 0.510 e. The van der Waals surface area contributed by atoms with E-state index >= 15 is 0 Å². The summed E-state index contributed by atoms with van der Waals surface area (Å²) in [5.41, 5.74) is -5.84. The van der Waals surface area contributed by atoms with Crippen molar-refractivity contribution in [3.8, 4) is 0 Å². The van der Waals surface area contributed by atoms with Crippen LogP contribution < -0.4 is 11.2 Å². The molecule has 17 heteroatoms. The monoisotopic (exact) mass is 590 g/mol. The molecule has 5 atom stereocenters. The van der Waals surface area contributed by atoms with Crippen molar-refractivity contribution in [2.75, 3.05) is 33.3 Å². The lowest BCUT2D eigenvalue weighted by molar-refractivity contribution is -0.141. The number of halogens is 1. The highest BCUT2D eigenvalue weighted by molar-refractivity contribution is 7.48. The lowest BCUT2D eigenvalue weighted by Crippen LogP contribution is -2.53. The normalized spacial score (nSPS) is 28.0. The predicted octanol–water partition coefficient (Wildman–Crippen LogP) is 0.753. The Labute approximate surface area is 225 Å². The third-order valence-corrected chi connectivity index (χ3v) is 7.50. The Hall–Kier alpha value is -2.95. The van der Waals surface area contributed by atoms with Gasteiger partial charge in [0, 0.05) is 12.3 Å². The largest absolute Gasteiger partial charge is 0.510 e. The molecule has 0 aliphatic carbocycles. The molecule has 3 heterocycles. The summed E-state index contributed by atoms with van der Waals surface area (Å²) in [5.74, 6) is 0. The number of hydrogen-bond donors (Lipinski definition) is 3. The van der Waals surface area contributed by atoms with Crippen LogP contribution in [0.4, 0.5) is 9.18 Å². The van der Waals surface area contributed by atoms with Crippen LogP contribution in [0.15, 0.2) is 52.2 Å². The number of nitrogens with zero attached hydrogens (tertiary/aromatic N) is 1. The smallest absolute Gasteiger partial charge is 0.426 e. The molecule has 0 spiro atoms. The van der Waals surface area contributed by atoms with E-state index in [1.54, 1.807) is 30.3 Å². The van der Waals surface area contributed by atoms with Gasteiger partial charge >= 0.3 is 19.7 Å². The summed E-state index contributed by atoms with van der Waals surface area (Å²) in [4.78, 5) is 37.5. The molecule has 1 aromatic carbocycles. The molecular weight excluding hydrogens is 562 g/mol. The Morgan fingerprint density at radius 3 is 2.55 bits per heavy atom. The number of ether oxygens (including phenoxy) is 4. The zero-order valence-electron chi connectivity index (χ0n) is 21.2. The first-order chi connectivity index (χ1) is 19.0. The molecule has 1 aromatic heterocycles. The molecular formula is C23H28FN2O13P. The lowest BCUT2D eigenvalue weighted by Gasteiger charge is -2.31. The second-order valence-corrected chi connectivity index (χ2v) is 10.9. The average molecular weight is 590 g/mol. The van der Waals surface area contributed by atoms with Crippen molar-refractivity contribution in [2.24, 2.45) is 0 Å². The quantitative estimate of drug-likeness (QED) is 0.178. The van der Waals surface area contributed by atoms with Gasteiger partial charge in [0.1, 0.15) is 18.4 Å². The van der Waals surface area contributed by atoms with Crippen LogP contribution in [0.25, 0.3) is 0 Å². The molecule has 40 heavy (non-hydrogen) atoms. The number of aliphatic hydroxyl groups excluding tert-OH is 1. The van der Waals surface area contributed by atoms with E-state index in [2.05, 4.69) is 0 Å². The zero-order valence-corrected chi connectivity index (χ0v) is 22.1. The van der Waals surface area contributed by atoms with Crippen LogP contribution in [0.2, 0.25) is 0 Å². The van der Waals surface area contributed by atoms with E-state index < -0.39 is 74.9 Å². The summed E-state index contributed by atoms with van der Waals surface area (Å²) in [6.45, 7) is -2.28. The highest BCUT2D eigenvalue weighted by Crippen LogP contribution is 2.53. The molecule has 2 saturated heterocycles. The van der Waals surface area contributed by atoms with Crippen LogP contribution in [0.1, 0.15) is 18.7 Å². The molecule has 0 radical (unpaired) electrons. The first kappa shape index (κ1) is 30.0. The second-order valence-electron chi connectivity index (χ2n) is 9.21. The molecule has 0 saturated carbocycles. The summed E-state index contributed by atoms with van der Waals surface area (Å²) in [7, 11) is -4.67. The number of alkyl halides is 1. The number of aromatic nitrogens is 2. The van der Waals surface area contributed by atoms with Crippen molar-refractivity contribution in [3.05, 3.63) is 69.0 Å². The van der Waals surface area contributed by atoms with E-state index in [9.17, 15) is 33.6 Å². The Morgan fingerprint density at radius 2 is 1.93 bits per heavy atom. The molecule has 2 aromatic rings. The highest BCUT2D eigenvalue weighted by Gasteiger charge is 2.63. The van der Waals surface area contributed by atoms with E-state index in [1.807, 2.05) is 4.98 Å². The van der Waals surface area contributed by atoms with E-state index in [1.165, 1.54) is 0 Å². The highest BCUT2D eigenvalue weighted by atomic mass is 31.2. The van der Waals surface area contributed by atoms with Crippen LogP contribution in [0.3, 0.4) is 0 Å². The number of aliphatic hydroxyl groups is 2. The minimum absolute atomic E-state index is 0.196. The maximum atomic E-state index is 14.5. The van der Waals surface area contributed by atoms with Crippen molar-refractivity contribution in [2.45, 2.75) is 43.2 Å². The molecule has 2 fully saturated rings. The molecule has 220 valence electrons. The van der Waals surface area contributed by atoms with Gasteiger partial charge in [0.05, 0.1) is 26.4 Å². The van der Waals surface area contributed by atoms with Crippen LogP contribution in [-0.4, -0.2) is 82.6 Å². The summed E-state index contributed by atoms with van der Waals surface area (Å²) < 4.78 is 64.5. The molecule has 2 unspecified atom stereocenters. The van der Waals surface area contributed by atoms with Gasteiger partial charge in [0.15, 0.2) is 17.9 Å². The van der Waals surface area contributed by atoms with Crippen molar-refractivity contribution >= 4 is 14.0 Å². The minimum Gasteiger partial charge on any atom is -0.426 e. The SMILES string of the molecule is C[C@]1(O)C(n2ccc(=O)[nH]c2=O)O[C@](CF)(COP(=O)(OCOC(=O)OC2COC2)OCc2ccccc2)[C@H]1O. The van der Waals surface area contributed by atoms with Gasteiger partial charge in [-0.1, -0.05) is 30.3 Å². The standard InChI is InChI=1S/C23H28FN2O13P/c1-22(31)18(28)23(12-24,39-19(22)26-8-7-17(27)25-20(26)29)13-36-40(32,35-9-15-5-3-2-4-6-15)37-14-34-21(30)38-16-10-33-11-16/h2-8,16,18-19,28,31H,9-14H2,1H3,(H,25,27,29)/t18-,19?,22+,23+,40?/m0/s1. The van der Waals surface area contributed by atoms with E-state index in [-0.39, 0.29) is 19.8 Å². The third-order valence-electron chi connectivity index (χ3n) is 6.19. The number of H-pyrrole nitrogens is 1. The molecule has 2 aliphatic heterocycles. The van der Waals surface area contributed by atoms with Gasteiger partial charge in [0.2, 0.25) is 6.79 Å². The number of benzene rings is 1. The van der Waals surface area contributed by atoms with Gasteiger partial charge in [-0.25, -0.2) is 23.1 Å². The maximum absolute atomic E-state index is 14.5. The number of rotatable bonds is 12. The fourth-order valence-electron chi connectivity index (χ4n) is 3.90. The first-order valence-corrected chi connectivity index (χ1v) is 13.4. The minimum atomic E-state index is -4.67.